The molecule has 0 spiro atoms. The standard InChI is InChI=1S/C31H40N2O2/c1-2-31(24-34-27-16-10-5-11-17-27)18-20-33(21-19-31)23-28-22-32-30(35-28)29(25-12-6-3-7-13-25)26-14-8-4-9-15-26/h3,5-7,10-13,16-17,22,26,29H,2,4,8-9,14-15,18-21,23-24H2,1H3/p+1. The van der Waals surface area contributed by atoms with Crippen molar-refractivity contribution in [3.05, 3.63) is 84.1 Å². The third-order valence-electron chi connectivity index (χ3n) is 8.60. The molecule has 4 heteroatoms. The Kier molecular flexibility index (Phi) is 7.88. The highest BCUT2D eigenvalue weighted by Gasteiger charge is 2.37. The summed E-state index contributed by atoms with van der Waals surface area (Å²) in [6.45, 7) is 6.38. The molecule has 0 amide bonds. The second-order valence-electron chi connectivity index (χ2n) is 10.8. The van der Waals surface area contributed by atoms with Crippen LogP contribution in [0.3, 0.4) is 0 Å². The number of hydrogen-bond acceptors (Lipinski definition) is 3. The van der Waals surface area contributed by atoms with E-state index in [0.717, 1.165) is 43.6 Å². The van der Waals surface area contributed by atoms with E-state index in [2.05, 4.69) is 49.4 Å². The molecular formula is C31H41N2O2+. The Morgan fingerprint density at radius 1 is 0.971 bits per heavy atom. The van der Waals surface area contributed by atoms with Gasteiger partial charge in [-0.25, -0.2) is 4.98 Å². The third-order valence-corrected chi connectivity index (χ3v) is 8.60. The van der Waals surface area contributed by atoms with Gasteiger partial charge in [-0.15, -0.1) is 0 Å². The molecule has 1 unspecified atom stereocenters. The zero-order valence-corrected chi connectivity index (χ0v) is 21.3. The molecule has 1 atom stereocenters. The number of aromatic nitrogens is 1. The van der Waals surface area contributed by atoms with E-state index in [1.165, 1.54) is 56.9 Å². The summed E-state index contributed by atoms with van der Waals surface area (Å²) in [5.74, 6) is 3.86. The van der Waals surface area contributed by atoms with Gasteiger partial charge in [-0.1, -0.05) is 74.7 Å². The predicted octanol–water partition coefficient (Wildman–Crippen LogP) is 6.04. The van der Waals surface area contributed by atoms with Crippen molar-refractivity contribution in [1.82, 2.24) is 4.98 Å². The smallest absolute Gasteiger partial charge is 0.202 e. The molecular weight excluding hydrogens is 432 g/mol. The molecule has 1 aliphatic carbocycles. The molecule has 2 fully saturated rings. The Labute approximate surface area is 210 Å². The number of nitrogens with one attached hydrogen (secondary N) is 1. The summed E-state index contributed by atoms with van der Waals surface area (Å²) < 4.78 is 12.7. The van der Waals surface area contributed by atoms with Crippen molar-refractivity contribution in [3.63, 3.8) is 0 Å². The van der Waals surface area contributed by atoms with Gasteiger partial charge in [-0.3, -0.25) is 0 Å². The zero-order valence-electron chi connectivity index (χ0n) is 21.3. The third kappa shape index (κ3) is 5.98. The van der Waals surface area contributed by atoms with Crippen molar-refractivity contribution in [1.29, 1.82) is 0 Å². The van der Waals surface area contributed by atoms with Crippen LogP contribution >= 0.6 is 0 Å². The predicted molar refractivity (Wildman–Crippen MR) is 140 cm³/mol. The topological polar surface area (TPSA) is 39.7 Å². The Balaban J connectivity index is 1.21. The van der Waals surface area contributed by atoms with Gasteiger partial charge in [0.2, 0.25) is 5.89 Å². The van der Waals surface area contributed by atoms with E-state index in [9.17, 15) is 0 Å². The Morgan fingerprint density at radius 3 is 2.34 bits per heavy atom. The minimum Gasteiger partial charge on any atom is -0.493 e. The van der Waals surface area contributed by atoms with E-state index in [4.69, 9.17) is 14.1 Å². The number of benzene rings is 2. The number of quaternary nitrogens is 1. The van der Waals surface area contributed by atoms with Gasteiger partial charge in [0.1, 0.15) is 12.3 Å². The molecule has 35 heavy (non-hydrogen) atoms. The fraction of sp³-hybridized carbons (Fsp3) is 0.516. The molecule has 5 rings (SSSR count). The first kappa shape index (κ1) is 24.1. The highest BCUT2D eigenvalue weighted by atomic mass is 16.5. The minimum atomic E-state index is 0.282. The molecule has 1 saturated heterocycles. The van der Waals surface area contributed by atoms with Gasteiger partial charge in [-0.05, 0) is 42.9 Å². The lowest BCUT2D eigenvalue weighted by molar-refractivity contribution is -0.922. The minimum absolute atomic E-state index is 0.282. The molecule has 2 aliphatic rings. The first-order valence-corrected chi connectivity index (χ1v) is 13.8. The van der Waals surface area contributed by atoms with Crippen LogP contribution in [0.4, 0.5) is 0 Å². The molecule has 3 aromatic rings. The normalized spacial score (nSPS) is 24.2. The quantitative estimate of drug-likeness (QED) is 0.412. The molecule has 1 saturated carbocycles. The lowest BCUT2D eigenvalue weighted by Gasteiger charge is -2.38. The first-order chi connectivity index (χ1) is 17.2. The van der Waals surface area contributed by atoms with Gasteiger partial charge in [0.15, 0.2) is 5.76 Å². The Bertz CT molecular complexity index is 1020. The number of piperidine rings is 1. The van der Waals surface area contributed by atoms with E-state index in [0.29, 0.717) is 5.92 Å². The molecule has 4 nitrogen and oxygen atoms in total. The SMILES string of the molecule is CCC1(COc2ccccc2)CC[NH+](Cc2cnc(C(c3ccccc3)C3CCCCC3)o2)CC1. The average Bonchev–Trinajstić information content (AvgIpc) is 3.38. The van der Waals surface area contributed by atoms with Gasteiger partial charge < -0.3 is 14.1 Å². The van der Waals surface area contributed by atoms with Crippen LogP contribution in [0.5, 0.6) is 5.75 Å². The van der Waals surface area contributed by atoms with E-state index >= 15 is 0 Å². The molecule has 2 heterocycles. The summed E-state index contributed by atoms with van der Waals surface area (Å²) in [6.07, 6.45) is 12.1. The van der Waals surface area contributed by atoms with Crippen LogP contribution in [0, 0.1) is 11.3 Å². The van der Waals surface area contributed by atoms with Crippen molar-refractivity contribution in [2.75, 3.05) is 19.7 Å². The number of oxazole rings is 1. The van der Waals surface area contributed by atoms with Gasteiger partial charge >= 0.3 is 0 Å². The summed E-state index contributed by atoms with van der Waals surface area (Å²) >= 11 is 0. The molecule has 0 bridgehead atoms. The van der Waals surface area contributed by atoms with Crippen LogP contribution < -0.4 is 9.64 Å². The number of para-hydroxylation sites is 1. The molecule has 186 valence electrons. The lowest BCUT2D eigenvalue weighted by Crippen LogP contribution is -3.12. The maximum absolute atomic E-state index is 6.48. The summed E-state index contributed by atoms with van der Waals surface area (Å²) in [4.78, 5) is 6.44. The molecule has 0 radical (unpaired) electrons. The van der Waals surface area contributed by atoms with Gasteiger partial charge in [0.25, 0.3) is 0 Å². The number of ether oxygens (including phenoxy) is 1. The van der Waals surface area contributed by atoms with E-state index in [1.807, 2.05) is 24.4 Å². The van der Waals surface area contributed by atoms with E-state index < -0.39 is 0 Å². The molecule has 2 aromatic carbocycles. The van der Waals surface area contributed by atoms with Crippen LogP contribution in [-0.4, -0.2) is 24.7 Å². The van der Waals surface area contributed by atoms with Gasteiger partial charge in [0.05, 0.1) is 31.8 Å². The molecule has 1 aromatic heterocycles. The Hall–Kier alpha value is -2.59. The monoisotopic (exact) mass is 473 g/mol. The maximum atomic E-state index is 6.48. The largest absolute Gasteiger partial charge is 0.493 e. The summed E-state index contributed by atoms with van der Waals surface area (Å²) in [7, 11) is 0. The van der Waals surface area contributed by atoms with Crippen molar-refractivity contribution in [3.8, 4) is 5.75 Å². The van der Waals surface area contributed by atoms with Crippen molar-refractivity contribution in [2.45, 2.75) is 70.8 Å². The highest BCUT2D eigenvalue weighted by molar-refractivity contribution is 5.26. The second kappa shape index (κ2) is 11.4. The van der Waals surface area contributed by atoms with Crippen LogP contribution in [0.15, 0.2) is 71.3 Å². The Morgan fingerprint density at radius 2 is 1.66 bits per heavy atom. The lowest BCUT2D eigenvalue weighted by atomic mass is 9.76. The summed E-state index contributed by atoms with van der Waals surface area (Å²) in [5, 5.41) is 0. The van der Waals surface area contributed by atoms with Crippen LogP contribution in [0.2, 0.25) is 0 Å². The van der Waals surface area contributed by atoms with Crippen LogP contribution in [0.1, 0.15) is 81.4 Å². The van der Waals surface area contributed by atoms with Gasteiger partial charge in [-0.2, -0.15) is 0 Å². The maximum Gasteiger partial charge on any atom is 0.202 e. The van der Waals surface area contributed by atoms with Crippen molar-refractivity contribution >= 4 is 0 Å². The number of likely N-dealkylation sites (tertiary alicyclic amines) is 1. The van der Waals surface area contributed by atoms with Crippen molar-refractivity contribution in [2.24, 2.45) is 11.3 Å². The average molecular weight is 474 g/mol. The highest BCUT2D eigenvalue weighted by Crippen LogP contribution is 2.40. The van der Waals surface area contributed by atoms with E-state index in [-0.39, 0.29) is 11.3 Å². The van der Waals surface area contributed by atoms with Crippen LogP contribution in [0.25, 0.3) is 0 Å². The van der Waals surface area contributed by atoms with Gasteiger partial charge in [0, 0.05) is 18.3 Å². The zero-order chi connectivity index (χ0) is 23.9. The number of hydrogen-bond donors (Lipinski definition) is 1. The molecule has 1 N–H and O–H groups in total. The number of rotatable bonds is 9. The first-order valence-electron chi connectivity index (χ1n) is 13.8. The van der Waals surface area contributed by atoms with E-state index in [1.54, 1.807) is 4.90 Å². The second-order valence-corrected chi connectivity index (χ2v) is 10.8. The number of nitrogens with zero attached hydrogens (tertiary/aromatic N) is 1. The fourth-order valence-electron chi connectivity index (χ4n) is 6.20. The fourth-order valence-corrected chi connectivity index (χ4v) is 6.20. The van der Waals surface area contributed by atoms with Crippen molar-refractivity contribution < 1.29 is 14.1 Å². The summed E-state index contributed by atoms with van der Waals surface area (Å²) in [6, 6.07) is 21.1. The molecule has 1 aliphatic heterocycles. The van der Waals surface area contributed by atoms with Crippen LogP contribution in [-0.2, 0) is 6.54 Å². The summed E-state index contributed by atoms with van der Waals surface area (Å²) in [5.41, 5.74) is 1.63.